The molecule has 1 aliphatic rings. The second kappa shape index (κ2) is 6.03. The van der Waals surface area contributed by atoms with Crippen LogP contribution in [-0.2, 0) is 4.79 Å². The lowest BCUT2D eigenvalue weighted by molar-refractivity contribution is -0.117. The van der Waals surface area contributed by atoms with Gasteiger partial charge in [0.2, 0.25) is 5.91 Å². The quantitative estimate of drug-likeness (QED) is 0.849. The second-order valence-corrected chi connectivity index (χ2v) is 5.50. The van der Waals surface area contributed by atoms with Gasteiger partial charge in [-0.15, -0.1) is 0 Å². The lowest BCUT2D eigenvalue weighted by atomic mass is 9.87. The summed E-state index contributed by atoms with van der Waals surface area (Å²) in [6.07, 6.45) is 7.06. The van der Waals surface area contributed by atoms with E-state index >= 15 is 0 Å². The standard InChI is InChI=1S/C16H23NO/c1-12-7-6-10-15(13(12)2)17-16(18)11-14-8-4-3-5-9-14/h6-7,10,14H,3-5,8-9,11H2,1-2H3,(H,17,18). The monoisotopic (exact) mass is 245 g/mol. The maximum absolute atomic E-state index is 12.0. The zero-order valence-electron chi connectivity index (χ0n) is 11.5. The fourth-order valence-corrected chi connectivity index (χ4v) is 2.74. The van der Waals surface area contributed by atoms with Crippen LogP contribution in [0.25, 0.3) is 0 Å². The highest BCUT2D eigenvalue weighted by molar-refractivity contribution is 5.91. The van der Waals surface area contributed by atoms with Gasteiger partial charge < -0.3 is 5.32 Å². The van der Waals surface area contributed by atoms with E-state index in [4.69, 9.17) is 0 Å². The van der Waals surface area contributed by atoms with Crippen LogP contribution in [-0.4, -0.2) is 5.91 Å². The number of nitrogens with one attached hydrogen (secondary N) is 1. The summed E-state index contributed by atoms with van der Waals surface area (Å²) in [5.74, 6) is 0.777. The van der Waals surface area contributed by atoms with Crippen molar-refractivity contribution in [2.24, 2.45) is 5.92 Å². The summed E-state index contributed by atoms with van der Waals surface area (Å²) in [6, 6.07) is 6.06. The van der Waals surface area contributed by atoms with Crippen molar-refractivity contribution in [1.29, 1.82) is 0 Å². The van der Waals surface area contributed by atoms with Gasteiger partial charge in [-0.1, -0.05) is 31.4 Å². The molecule has 18 heavy (non-hydrogen) atoms. The lowest BCUT2D eigenvalue weighted by Crippen LogP contribution is -2.18. The summed E-state index contributed by atoms with van der Waals surface area (Å²) in [4.78, 5) is 12.0. The first kappa shape index (κ1) is 13.1. The minimum absolute atomic E-state index is 0.176. The Morgan fingerprint density at radius 1 is 1.22 bits per heavy atom. The van der Waals surface area contributed by atoms with Crippen LogP contribution in [0.2, 0.25) is 0 Å². The van der Waals surface area contributed by atoms with Crippen LogP contribution in [0, 0.1) is 19.8 Å². The largest absolute Gasteiger partial charge is 0.326 e. The van der Waals surface area contributed by atoms with Crippen molar-refractivity contribution in [3.63, 3.8) is 0 Å². The highest BCUT2D eigenvalue weighted by Gasteiger charge is 2.17. The Kier molecular flexibility index (Phi) is 4.40. The van der Waals surface area contributed by atoms with Crippen LogP contribution in [0.3, 0.4) is 0 Å². The molecule has 0 bridgehead atoms. The van der Waals surface area contributed by atoms with Crippen LogP contribution in [0.1, 0.15) is 49.7 Å². The molecule has 0 atom stereocenters. The molecule has 0 saturated heterocycles. The van der Waals surface area contributed by atoms with Crippen LogP contribution in [0.15, 0.2) is 18.2 Å². The zero-order valence-corrected chi connectivity index (χ0v) is 11.5. The van der Waals surface area contributed by atoms with Crippen LogP contribution >= 0.6 is 0 Å². The van der Waals surface area contributed by atoms with E-state index < -0.39 is 0 Å². The van der Waals surface area contributed by atoms with E-state index in [0.29, 0.717) is 12.3 Å². The van der Waals surface area contributed by atoms with Gasteiger partial charge in [0.05, 0.1) is 0 Å². The number of rotatable bonds is 3. The van der Waals surface area contributed by atoms with E-state index in [1.54, 1.807) is 0 Å². The van der Waals surface area contributed by atoms with Crippen molar-refractivity contribution >= 4 is 11.6 Å². The van der Waals surface area contributed by atoms with Gasteiger partial charge in [0, 0.05) is 12.1 Å². The molecule has 0 spiro atoms. The third-order valence-corrected chi connectivity index (χ3v) is 4.08. The summed E-state index contributed by atoms with van der Waals surface area (Å²) in [5, 5.41) is 3.06. The molecular weight excluding hydrogens is 222 g/mol. The topological polar surface area (TPSA) is 29.1 Å². The third-order valence-electron chi connectivity index (χ3n) is 4.08. The maximum Gasteiger partial charge on any atom is 0.224 e. The normalized spacial score (nSPS) is 16.6. The Morgan fingerprint density at radius 3 is 2.67 bits per heavy atom. The van der Waals surface area contributed by atoms with Crippen molar-refractivity contribution in [2.75, 3.05) is 5.32 Å². The van der Waals surface area contributed by atoms with Gasteiger partial charge in [-0.05, 0) is 49.8 Å². The average Bonchev–Trinajstić information content (AvgIpc) is 2.36. The molecule has 1 N–H and O–H groups in total. The smallest absolute Gasteiger partial charge is 0.224 e. The number of hydrogen-bond acceptors (Lipinski definition) is 1. The third kappa shape index (κ3) is 3.34. The number of aryl methyl sites for hydroxylation is 1. The van der Waals surface area contributed by atoms with Crippen molar-refractivity contribution in [1.82, 2.24) is 0 Å². The first-order valence-electron chi connectivity index (χ1n) is 7.03. The molecule has 2 nitrogen and oxygen atoms in total. The van der Waals surface area contributed by atoms with Gasteiger partial charge in [0.1, 0.15) is 0 Å². The first-order valence-corrected chi connectivity index (χ1v) is 7.03. The fourth-order valence-electron chi connectivity index (χ4n) is 2.74. The van der Waals surface area contributed by atoms with Crippen molar-refractivity contribution in [3.8, 4) is 0 Å². The Bertz CT molecular complexity index is 419. The van der Waals surface area contributed by atoms with E-state index in [-0.39, 0.29) is 5.91 Å². The zero-order chi connectivity index (χ0) is 13.0. The maximum atomic E-state index is 12.0. The summed E-state index contributed by atoms with van der Waals surface area (Å²) in [7, 11) is 0. The predicted octanol–water partition coefficient (Wildman–Crippen LogP) is 4.21. The molecule has 1 aromatic rings. The SMILES string of the molecule is Cc1cccc(NC(=O)CC2CCCCC2)c1C. The molecule has 0 unspecified atom stereocenters. The van der Waals surface area contributed by atoms with E-state index in [9.17, 15) is 4.79 Å². The summed E-state index contributed by atoms with van der Waals surface area (Å²) in [6.45, 7) is 4.14. The molecule has 98 valence electrons. The van der Waals surface area contributed by atoms with Crippen LogP contribution in [0.4, 0.5) is 5.69 Å². The number of anilines is 1. The Balaban J connectivity index is 1.92. The average molecular weight is 245 g/mol. The Hall–Kier alpha value is -1.31. The van der Waals surface area contributed by atoms with Gasteiger partial charge in [-0.2, -0.15) is 0 Å². The molecule has 1 aliphatic carbocycles. The van der Waals surface area contributed by atoms with E-state index in [1.807, 2.05) is 12.1 Å². The fraction of sp³-hybridized carbons (Fsp3) is 0.562. The number of hydrogen-bond donors (Lipinski definition) is 1. The lowest BCUT2D eigenvalue weighted by Gasteiger charge is -2.21. The molecule has 0 aromatic heterocycles. The highest BCUT2D eigenvalue weighted by atomic mass is 16.1. The van der Waals surface area contributed by atoms with E-state index in [1.165, 1.54) is 43.2 Å². The highest BCUT2D eigenvalue weighted by Crippen LogP contribution is 2.27. The van der Waals surface area contributed by atoms with E-state index in [0.717, 1.165) is 5.69 Å². The molecule has 2 rings (SSSR count). The summed E-state index contributed by atoms with van der Waals surface area (Å²) < 4.78 is 0. The van der Waals surface area contributed by atoms with Crippen molar-refractivity contribution in [3.05, 3.63) is 29.3 Å². The summed E-state index contributed by atoms with van der Waals surface area (Å²) >= 11 is 0. The van der Waals surface area contributed by atoms with E-state index in [2.05, 4.69) is 25.2 Å². The van der Waals surface area contributed by atoms with Gasteiger partial charge in [-0.3, -0.25) is 4.79 Å². The molecule has 2 heteroatoms. The van der Waals surface area contributed by atoms with Gasteiger partial charge in [0.25, 0.3) is 0 Å². The number of benzene rings is 1. The number of amides is 1. The second-order valence-electron chi connectivity index (χ2n) is 5.50. The first-order chi connectivity index (χ1) is 8.66. The van der Waals surface area contributed by atoms with Crippen LogP contribution < -0.4 is 5.32 Å². The van der Waals surface area contributed by atoms with Crippen molar-refractivity contribution < 1.29 is 4.79 Å². The minimum atomic E-state index is 0.176. The number of carbonyl (C=O) groups excluding carboxylic acids is 1. The summed E-state index contributed by atoms with van der Waals surface area (Å²) in [5.41, 5.74) is 3.37. The van der Waals surface area contributed by atoms with Gasteiger partial charge in [-0.25, -0.2) is 0 Å². The number of carbonyl (C=O) groups is 1. The predicted molar refractivity (Wildman–Crippen MR) is 75.7 cm³/mol. The van der Waals surface area contributed by atoms with Gasteiger partial charge in [0.15, 0.2) is 0 Å². The molecule has 1 fully saturated rings. The van der Waals surface area contributed by atoms with Crippen molar-refractivity contribution in [2.45, 2.75) is 52.4 Å². The Morgan fingerprint density at radius 2 is 1.94 bits per heavy atom. The molecule has 1 aromatic carbocycles. The molecule has 0 heterocycles. The minimum Gasteiger partial charge on any atom is -0.326 e. The molecular formula is C16H23NO. The van der Waals surface area contributed by atoms with Crippen LogP contribution in [0.5, 0.6) is 0 Å². The van der Waals surface area contributed by atoms with Gasteiger partial charge >= 0.3 is 0 Å². The molecule has 1 amide bonds. The molecule has 1 saturated carbocycles. The molecule has 0 radical (unpaired) electrons. The molecule has 0 aliphatic heterocycles. The Labute approximate surface area is 110 Å².